The maximum atomic E-state index is 12.9. The normalized spacial score (nSPS) is 11.8. The molecule has 1 N–H and O–H groups in total. The van der Waals surface area contributed by atoms with Gasteiger partial charge in [0.1, 0.15) is 11.6 Å². The van der Waals surface area contributed by atoms with Crippen LogP contribution in [0.2, 0.25) is 0 Å². The Morgan fingerprint density at radius 2 is 1.82 bits per heavy atom. The van der Waals surface area contributed by atoms with Gasteiger partial charge < -0.3 is 10.1 Å². The highest BCUT2D eigenvalue weighted by Gasteiger charge is 2.10. The van der Waals surface area contributed by atoms with E-state index in [1.165, 1.54) is 23.9 Å². The fraction of sp³-hybridized carbons (Fsp3) is 0.235. The van der Waals surface area contributed by atoms with Gasteiger partial charge in [-0.1, -0.05) is 12.1 Å². The fourth-order valence-corrected chi connectivity index (χ4v) is 2.65. The summed E-state index contributed by atoms with van der Waals surface area (Å²) in [5, 5.41) is 2.90. The van der Waals surface area contributed by atoms with Crippen molar-refractivity contribution < 1.29 is 13.9 Å². The van der Waals surface area contributed by atoms with E-state index in [1.807, 2.05) is 31.2 Å². The Balaban J connectivity index is 1.83. The summed E-state index contributed by atoms with van der Waals surface area (Å²) >= 11 is 1.46. The number of thioether (sulfide) groups is 1. The number of benzene rings is 2. The van der Waals surface area contributed by atoms with E-state index in [1.54, 1.807) is 19.2 Å². The molecule has 1 amide bonds. The third-order valence-corrected chi connectivity index (χ3v) is 4.19. The van der Waals surface area contributed by atoms with E-state index >= 15 is 0 Å². The van der Waals surface area contributed by atoms with Crippen LogP contribution in [0.1, 0.15) is 18.5 Å². The molecule has 0 aliphatic rings. The highest BCUT2D eigenvalue weighted by atomic mass is 32.2. The van der Waals surface area contributed by atoms with Gasteiger partial charge >= 0.3 is 0 Å². The van der Waals surface area contributed by atoms with Crippen LogP contribution in [0.5, 0.6) is 5.75 Å². The number of halogens is 1. The number of ether oxygens (including phenoxy) is 1. The van der Waals surface area contributed by atoms with E-state index in [-0.39, 0.29) is 17.8 Å². The molecular formula is C17H18FNO2S. The minimum absolute atomic E-state index is 0.0577. The lowest BCUT2D eigenvalue weighted by atomic mass is 10.1. The Bertz CT molecular complexity index is 614. The molecule has 0 aliphatic carbocycles. The molecule has 2 aromatic rings. The number of hydrogen-bond donors (Lipinski definition) is 1. The smallest absolute Gasteiger partial charge is 0.230 e. The third kappa shape index (κ3) is 4.77. The molecule has 0 saturated heterocycles. The van der Waals surface area contributed by atoms with Crippen molar-refractivity contribution >= 4 is 17.7 Å². The molecule has 116 valence electrons. The van der Waals surface area contributed by atoms with Crippen LogP contribution in [-0.2, 0) is 4.79 Å². The van der Waals surface area contributed by atoms with Crippen molar-refractivity contribution in [3.8, 4) is 5.75 Å². The zero-order chi connectivity index (χ0) is 15.9. The maximum absolute atomic E-state index is 12.9. The summed E-state index contributed by atoms with van der Waals surface area (Å²) < 4.78 is 18.0. The van der Waals surface area contributed by atoms with Gasteiger partial charge in [-0.2, -0.15) is 0 Å². The molecule has 3 nitrogen and oxygen atoms in total. The van der Waals surface area contributed by atoms with E-state index in [2.05, 4.69) is 5.32 Å². The molecule has 0 saturated carbocycles. The third-order valence-electron chi connectivity index (χ3n) is 3.18. The number of nitrogens with one attached hydrogen (secondary N) is 1. The number of carbonyl (C=O) groups is 1. The largest absolute Gasteiger partial charge is 0.497 e. The highest BCUT2D eigenvalue weighted by Crippen LogP contribution is 2.21. The van der Waals surface area contributed by atoms with Crippen LogP contribution in [-0.4, -0.2) is 18.8 Å². The van der Waals surface area contributed by atoms with Crippen LogP contribution in [0.3, 0.4) is 0 Å². The van der Waals surface area contributed by atoms with Gasteiger partial charge in [-0.15, -0.1) is 11.8 Å². The molecule has 0 fully saturated rings. The van der Waals surface area contributed by atoms with Crippen molar-refractivity contribution in [3.63, 3.8) is 0 Å². The average Bonchev–Trinajstić information content (AvgIpc) is 2.54. The van der Waals surface area contributed by atoms with E-state index in [4.69, 9.17) is 4.74 Å². The minimum atomic E-state index is -0.280. The molecule has 22 heavy (non-hydrogen) atoms. The predicted octanol–water partition coefficient (Wildman–Crippen LogP) is 3.80. The summed E-state index contributed by atoms with van der Waals surface area (Å²) in [5.41, 5.74) is 0.879. The number of carbonyl (C=O) groups excluding carboxylic acids is 1. The Kier molecular flexibility index (Phi) is 5.83. The van der Waals surface area contributed by atoms with Crippen LogP contribution in [0.15, 0.2) is 53.4 Å². The Morgan fingerprint density at radius 1 is 1.18 bits per heavy atom. The van der Waals surface area contributed by atoms with Crippen LogP contribution >= 0.6 is 11.8 Å². The number of hydrogen-bond acceptors (Lipinski definition) is 3. The Morgan fingerprint density at radius 3 is 2.41 bits per heavy atom. The van der Waals surface area contributed by atoms with E-state index in [0.29, 0.717) is 5.75 Å². The predicted molar refractivity (Wildman–Crippen MR) is 86.7 cm³/mol. The summed E-state index contributed by atoms with van der Waals surface area (Å²) in [6.45, 7) is 1.88. The monoisotopic (exact) mass is 319 g/mol. The van der Waals surface area contributed by atoms with Crippen LogP contribution in [0.4, 0.5) is 4.39 Å². The Hall–Kier alpha value is -2.01. The lowest BCUT2D eigenvalue weighted by molar-refractivity contribution is -0.119. The van der Waals surface area contributed by atoms with Crippen LogP contribution in [0.25, 0.3) is 0 Å². The fourth-order valence-electron chi connectivity index (χ4n) is 1.94. The van der Waals surface area contributed by atoms with Crippen LogP contribution < -0.4 is 10.1 Å². The summed E-state index contributed by atoms with van der Waals surface area (Å²) in [7, 11) is 1.62. The molecular weight excluding hydrogens is 301 g/mol. The zero-order valence-corrected chi connectivity index (χ0v) is 13.3. The molecule has 2 aromatic carbocycles. The summed E-state index contributed by atoms with van der Waals surface area (Å²) in [5.74, 6) is 0.784. The first-order chi connectivity index (χ1) is 10.6. The molecule has 0 bridgehead atoms. The molecule has 0 aromatic heterocycles. The molecule has 0 radical (unpaired) electrons. The molecule has 1 atom stereocenters. The molecule has 0 unspecified atom stereocenters. The van der Waals surface area contributed by atoms with Crippen molar-refractivity contribution in [2.75, 3.05) is 12.9 Å². The Labute approximate surface area is 133 Å². The molecule has 0 heterocycles. The van der Waals surface area contributed by atoms with Crippen molar-refractivity contribution in [1.29, 1.82) is 0 Å². The van der Waals surface area contributed by atoms with Crippen LogP contribution in [0, 0.1) is 5.82 Å². The number of amides is 1. The van der Waals surface area contributed by atoms with E-state index in [9.17, 15) is 9.18 Å². The second-order valence-corrected chi connectivity index (χ2v) is 5.85. The van der Waals surface area contributed by atoms with E-state index in [0.717, 1.165) is 16.2 Å². The van der Waals surface area contributed by atoms with Gasteiger partial charge in [-0.25, -0.2) is 4.39 Å². The minimum Gasteiger partial charge on any atom is -0.497 e. The zero-order valence-electron chi connectivity index (χ0n) is 12.5. The quantitative estimate of drug-likeness (QED) is 0.823. The van der Waals surface area contributed by atoms with Crippen molar-refractivity contribution in [1.82, 2.24) is 5.32 Å². The van der Waals surface area contributed by atoms with Gasteiger partial charge in [0.2, 0.25) is 5.91 Å². The van der Waals surface area contributed by atoms with Gasteiger partial charge in [0.15, 0.2) is 0 Å². The lowest BCUT2D eigenvalue weighted by Crippen LogP contribution is -2.28. The lowest BCUT2D eigenvalue weighted by Gasteiger charge is -2.14. The van der Waals surface area contributed by atoms with Gasteiger partial charge in [-0.3, -0.25) is 4.79 Å². The van der Waals surface area contributed by atoms with Gasteiger partial charge in [0.05, 0.1) is 18.9 Å². The summed E-state index contributed by atoms with van der Waals surface area (Å²) in [4.78, 5) is 13.0. The molecule has 0 spiro atoms. The first-order valence-corrected chi connectivity index (χ1v) is 7.88. The summed E-state index contributed by atoms with van der Waals surface area (Å²) in [6, 6.07) is 13.6. The maximum Gasteiger partial charge on any atom is 0.230 e. The highest BCUT2D eigenvalue weighted by molar-refractivity contribution is 8.00. The topological polar surface area (TPSA) is 38.3 Å². The second kappa shape index (κ2) is 7.84. The number of methoxy groups -OCH3 is 1. The summed E-state index contributed by atoms with van der Waals surface area (Å²) in [6.07, 6.45) is 0. The second-order valence-electron chi connectivity index (χ2n) is 4.80. The standard InChI is InChI=1S/C17H18FNO2S/c1-12(13-3-5-14(18)6-4-13)19-17(20)11-22-16-9-7-15(21-2)8-10-16/h3-10,12H,11H2,1-2H3,(H,19,20)/t12-/m1/s1. The van der Waals surface area contributed by atoms with Gasteiger partial charge in [0, 0.05) is 4.90 Å². The first kappa shape index (κ1) is 16.4. The van der Waals surface area contributed by atoms with Crippen molar-refractivity contribution in [2.24, 2.45) is 0 Å². The van der Waals surface area contributed by atoms with Gasteiger partial charge in [-0.05, 0) is 48.9 Å². The molecule has 2 rings (SSSR count). The SMILES string of the molecule is COc1ccc(SCC(=O)N[C@H](C)c2ccc(F)cc2)cc1. The average molecular weight is 319 g/mol. The first-order valence-electron chi connectivity index (χ1n) is 6.90. The molecule has 5 heteroatoms. The number of rotatable bonds is 6. The van der Waals surface area contributed by atoms with Gasteiger partial charge in [0.25, 0.3) is 0 Å². The van der Waals surface area contributed by atoms with Crippen molar-refractivity contribution in [3.05, 3.63) is 59.9 Å². The van der Waals surface area contributed by atoms with Crippen molar-refractivity contribution in [2.45, 2.75) is 17.9 Å². The van der Waals surface area contributed by atoms with E-state index < -0.39 is 0 Å². The molecule has 0 aliphatic heterocycles.